The molecule has 1 unspecified atom stereocenters. The molecule has 2 N–H and O–H groups in total. The van der Waals surface area contributed by atoms with Crippen LogP contribution in [0.1, 0.15) is 37.9 Å². The van der Waals surface area contributed by atoms with Crippen molar-refractivity contribution in [2.75, 3.05) is 19.7 Å². The number of β-amino-alcohol motifs (C(OH)–C–C–N with tert-alkyl or cyclic N) is 1. The van der Waals surface area contributed by atoms with Crippen LogP contribution in [0.5, 0.6) is 0 Å². The van der Waals surface area contributed by atoms with Gasteiger partial charge >= 0.3 is 0 Å². The molecule has 1 aliphatic heterocycles. The predicted molar refractivity (Wildman–Crippen MR) is 60.2 cm³/mol. The van der Waals surface area contributed by atoms with Crippen molar-refractivity contribution in [3.63, 3.8) is 0 Å². The van der Waals surface area contributed by atoms with Gasteiger partial charge in [0, 0.05) is 13.2 Å². The Kier molecular flexibility index (Phi) is 4.09. The van der Waals surface area contributed by atoms with Crippen LogP contribution in [-0.2, 0) is 16.9 Å². The highest BCUT2D eigenvalue weighted by molar-refractivity contribution is 5.01. The molecule has 0 aliphatic carbocycles. The van der Waals surface area contributed by atoms with Crippen molar-refractivity contribution in [2.24, 2.45) is 0 Å². The van der Waals surface area contributed by atoms with Crippen molar-refractivity contribution >= 4 is 0 Å². The summed E-state index contributed by atoms with van der Waals surface area (Å²) in [6.07, 6.45) is 2.51. The zero-order valence-corrected chi connectivity index (χ0v) is 10.1. The minimum Gasteiger partial charge on any atom is -0.379 e. The molecule has 2 rings (SSSR count). The second-order valence-electron chi connectivity index (χ2n) is 4.38. The molecule has 0 amide bonds. The Morgan fingerprint density at radius 1 is 1.59 bits per heavy atom. The van der Waals surface area contributed by atoms with Gasteiger partial charge in [0.2, 0.25) is 0 Å². The summed E-state index contributed by atoms with van der Waals surface area (Å²) in [5.41, 5.74) is -1.02. The SMILES string of the molecule is CCCOCc1noc(C2(O)CCCNC2)n1. The molecule has 1 atom stereocenters. The highest BCUT2D eigenvalue weighted by atomic mass is 16.5. The third kappa shape index (κ3) is 3.02. The molecule has 96 valence electrons. The maximum Gasteiger partial charge on any atom is 0.260 e. The van der Waals surface area contributed by atoms with Crippen molar-refractivity contribution < 1.29 is 14.4 Å². The lowest BCUT2D eigenvalue weighted by Gasteiger charge is -2.28. The van der Waals surface area contributed by atoms with Crippen molar-refractivity contribution in [1.82, 2.24) is 15.5 Å². The molecule has 0 bridgehead atoms. The summed E-state index contributed by atoms with van der Waals surface area (Å²) in [6, 6.07) is 0. The molecular formula is C11H19N3O3. The van der Waals surface area contributed by atoms with Gasteiger partial charge in [0.1, 0.15) is 6.61 Å². The molecule has 17 heavy (non-hydrogen) atoms. The molecule has 1 aromatic rings. The van der Waals surface area contributed by atoms with Gasteiger partial charge < -0.3 is 19.7 Å². The molecule has 2 heterocycles. The molecule has 1 saturated heterocycles. The van der Waals surface area contributed by atoms with Gasteiger partial charge in [-0.1, -0.05) is 12.1 Å². The van der Waals surface area contributed by atoms with Crippen molar-refractivity contribution in [3.05, 3.63) is 11.7 Å². The van der Waals surface area contributed by atoms with Gasteiger partial charge in [-0.05, 0) is 25.8 Å². The van der Waals surface area contributed by atoms with Crippen LogP contribution >= 0.6 is 0 Å². The van der Waals surface area contributed by atoms with Crippen molar-refractivity contribution in [3.8, 4) is 0 Å². The van der Waals surface area contributed by atoms with E-state index in [0.29, 0.717) is 37.9 Å². The summed E-state index contributed by atoms with van der Waals surface area (Å²) >= 11 is 0. The molecule has 6 heteroatoms. The Hall–Kier alpha value is -0.980. The van der Waals surface area contributed by atoms with Crippen LogP contribution in [0, 0.1) is 0 Å². The van der Waals surface area contributed by atoms with Crippen LogP contribution in [0.15, 0.2) is 4.52 Å². The van der Waals surface area contributed by atoms with Gasteiger partial charge in [-0.2, -0.15) is 4.98 Å². The molecule has 0 spiro atoms. The van der Waals surface area contributed by atoms with E-state index in [0.717, 1.165) is 19.4 Å². The number of hydrogen-bond acceptors (Lipinski definition) is 6. The third-order valence-electron chi connectivity index (χ3n) is 2.81. The number of ether oxygens (including phenoxy) is 1. The summed E-state index contributed by atoms with van der Waals surface area (Å²) in [7, 11) is 0. The van der Waals surface area contributed by atoms with E-state index < -0.39 is 5.60 Å². The van der Waals surface area contributed by atoms with Gasteiger partial charge in [-0.25, -0.2) is 0 Å². The Morgan fingerprint density at radius 3 is 3.18 bits per heavy atom. The summed E-state index contributed by atoms with van der Waals surface area (Å²) in [4.78, 5) is 4.18. The smallest absolute Gasteiger partial charge is 0.260 e. The van der Waals surface area contributed by atoms with Crippen molar-refractivity contribution in [2.45, 2.75) is 38.4 Å². The van der Waals surface area contributed by atoms with Gasteiger partial charge in [0.25, 0.3) is 5.89 Å². The highest BCUT2D eigenvalue weighted by Gasteiger charge is 2.36. The topological polar surface area (TPSA) is 80.4 Å². The normalized spacial score (nSPS) is 25.1. The summed E-state index contributed by atoms with van der Waals surface area (Å²) < 4.78 is 10.4. The van der Waals surface area contributed by atoms with Gasteiger partial charge in [0.15, 0.2) is 11.4 Å². The van der Waals surface area contributed by atoms with Crippen LogP contribution in [0.4, 0.5) is 0 Å². The minimum absolute atomic E-state index is 0.291. The first-order valence-corrected chi connectivity index (χ1v) is 6.08. The van der Waals surface area contributed by atoms with E-state index in [-0.39, 0.29) is 0 Å². The fourth-order valence-corrected chi connectivity index (χ4v) is 1.88. The zero-order chi connectivity index (χ0) is 12.1. The molecule has 0 saturated carbocycles. The molecular weight excluding hydrogens is 222 g/mol. The van der Waals surface area contributed by atoms with E-state index in [9.17, 15) is 5.11 Å². The number of aromatic nitrogens is 2. The number of aliphatic hydroxyl groups is 1. The maximum atomic E-state index is 10.3. The predicted octanol–water partition coefficient (Wildman–Crippen LogP) is 0.567. The Labute approximate surface area is 100 Å². The Bertz CT molecular complexity index is 347. The van der Waals surface area contributed by atoms with Gasteiger partial charge in [-0.15, -0.1) is 0 Å². The number of nitrogens with zero attached hydrogens (tertiary/aromatic N) is 2. The number of nitrogens with one attached hydrogen (secondary N) is 1. The molecule has 1 aliphatic rings. The van der Waals surface area contributed by atoms with E-state index in [4.69, 9.17) is 9.26 Å². The van der Waals surface area contributed by atoms with E-state index in [2.05, 4.69) is 15.5 Å². The summed E-state index contributed by atoms with van der Waals surface area (Å²) in [6.45, 7) is 4.43. The fourth-order valence-electron chi connectivity index (χ4n) is 1.88. The lowest BCUT2D eigenvalue weighted by Crippen LogP contribution is -2.43. The van der Waals surface area contributed by atoms with Crippen LogP contribution in [0.2, 0.25) is 0 Å². The first-order chi connectivity index (χ1) is 8.24. The first-order valence-electron chi connectivity index (χ1n) is 6.08. The summed E-state index contributed by atoms with van der Waals surface area (Å²) in [5, 5.41) is 17.3. The average molecular weight is 241 g/mol. The molecule has 6 nitrogen and oxygen atoms in total. The second kappa shape index (κ2) is 5.57. The first kappa shape index (κ1) is 12.5. The van der Waals surface area contributed by atoms with Crippen LogP contribution in [-0.4, -0.2) is 34.9 Å². The van der Waals surface area contributed by atoms with E-state index in [1.807, 2.05) is 6.92 Å². The monoisotopic (exact) mass is 241 g/mol. The quantitative estimate of drug-likeness (QED) is 0.733. The highest BCUT2D eigenvalue weighted by Crippen LogP contribution is 2.26. The molecule has 1 aromatic heterocycles. The van der Waals surface area contributed by atoms with Crippen LogP contribution < -0.4 is 5.32 Å². The molecule has 0 aromatic carbocycles. The molecule has 1 fully saturated rings. The molecule has 0 radical (unpaired) electrons. The van der Waals surface area contributed by atoms with Crippen LogP contribution in [0.25, 0.3) is 0 Å². The number of rotatable bonds is 5. The number of piperidine rings is 1. The fraction of sp³-hybridized carbons (Fsp3) is 0.818. The van der Waals surface area contributed by atoms with E-state index in [1.54, 1.807) is 0 Å². The standard InChI is InChI=1S/C11H19N3O3/c1-2-6-16-7-9-13-10(17-14-9)11(15)4-3-5-12-8-11/h12,15H,2-8H2,1H3. The van der Waals surface area contributed by atoms with Crippen LogP contribution in [0.3, 0.4) is 0 Å². The third-order valence-corrected chi connectivity index (χ3v) is 2.81. The van der Waals surface area contributed by atoms with Gasteiger partial charge in [0.05, 0.1) is 0 Å². The second-order valence-corrected chi connectivity index (χ2v) is 4.38. The Morgan fingerprint density at radius 2 is 2.47 bits per heavy atom. The van der Waals surface area contributed by atoms with E-state index >= 15 is 0 Å². The van der Waals surface area contributed by atoms with E-state index in [1.165, 1.54) is 0 Å². The summed E-state index contributed by atoms with van der Waals surface area (Å²) in [5.74, 6) is 0.784. The lowest BCUT2D eigenvalue weighted by molar-refractivity contribution is -0.0167. The number of hydrogen-bond donors (Lipinski definition) is 2. The zero-order valence-electron chi connectivity index (χ0n) is 10.1. The van der Waals surface area contributed by atoms with Gasteiger partial charge in [-0.3, -0.25) is 0 Å². The Balaban J connectivity index is 1.96. The van der Waals surface area contributed by atoms with Crippen molar-refractivity contribution in [1.29, 1.82) is 0 Å². The minimum atomic E-state index is -1.02. The lowest BCUT2D eigenvalue weighted by atomic mass is 9.94. The average Bonchev–Trinajstić information content (AvgIpc) is 2.80. The maximum absolute atomic E-state index is 10.3. The largest absolute Gasteiger partial charge is 0.379 e.